The summed E-state index contributed by atoms with van der Waals surface area (Å²) in [7, 11) is 1.68. The number of thiazole rings is 1. The van der Waals surface area contributed by atoms with Crippen LogP contribution in [0.25, 0.3) is 0 Å². The number of nitrogens with zero attached hydrogens (tertiary/aromatic N) is 2. The maximum atomic E-state index is 12.6. The van der Waals surface area contributed by atoms with E-state index in [9.17, 15) is 4.79 Å². The van der Waals surface area contributed by atoms with Gasteiger partial charge in [0, 0.05) is 33.4 Å². The zero-order valence-electron chi connectivity index (χ0n) is 14.7. The number of aromatic nitrogens is 1. The average Bonchev–Trinajstić information content (AvgIpc) is 2.81. The molecule has 0 bridgehead atoms. The summed E-state index contributed by atoms with van der Waals surface area (Å²) in [4.78, 5) is 18.9. The van der Waals surface area contributed by atoms with Crippen molar-refractivity contribution in [2.24, 2.45) is 4.99 Å². The Balaban J connectivity index is 2.53. The Bertz CT molecular complexity index is 800. The molecule has 0 fully saturated rings. The molecule has 2 rings (SSSR count). The van der Waals surface area contributed by atoms with E-state index in [2.05, 4.69) is 59.8 Å². The lowest BCUT2D eigenvalue weighted by Crippen LogP contribution is -2.21. The number of amides is 1. The van der Waals surface area contributed by atoms with Crippen LogP contribution >= 0.6 is 33.9 Å². The highest BCUT2D eigenvalue weighted by Crippen LogP contribution is 2.28. The van der Waals surface area contributed by atoms with Gasteiger partial charge >= 0.3 is 0 Å². The smallest absolute Gasteiger partial charge is 0.279 e. The van der Waals surface area contributed by atoms with Crippen molar-refractivity contribution in [2.45, 2.75) is 39.7 Å². The molecule has 6 heteroatoms. The number of halogens is 1. The molecule has 0 radical (unpaired) electrons. The second kappa shape index (κ2) is 7.93. The van der Waals surface area contributed by atoms with Gasteiger partial charge < -0.3 is 9.30 Å². The predicted octanol–water partition coefficient (Wildman–Crippen LogP) is 4.15. The second-order valence-electron chi connectivity index (χ2n) is 6.62. The van der Waals surface area contributed by atoms with E-state index in [1.54, 1.807) is 24.5 Å². The van der Waals surface area contributed by atoms with Gasteiger partial charge in [0.05, 0.1) is 6.61 Å². The first-order valence-electron chi connectivity index (χ1n) is 7.78. The van der Waals surface area contributed by atoms with Crippen LogP contribution in [0.15, 0.2) is 29.3 Å². The number of ether oxygens (including phenoxy) is 1. The Morgan fingerprint density at radius 3 is 2.67 bits per heavy atom. The summed E-state index contributed by atoms with van der Waals surface area (Å²) >= 11 is 3.79. The topological polar surface area (TPSA) is 43.6 Å². The van der Waals surface area contributed by atoms with E-state index in [0.717, 1.165) is 14.1 Å². The average molecular weight is 458 g/mol. The lowest BCUT2D eigenvalue weighted by Gasteiger charge is -2.17. The molecule has 0 aliphatic carbocycles. The van der Waals surface area contributed by atoms with Gasteiger partial charge in [-0.2, -0.15) is 4.99 Å². The van der Waals surface area contributed by atoms with Gasteiger partial charge in [-0.15, -0.1) is 11.3 Å². The number of carbonyl (C=O) groups is 1. The Kier molecular flexibility index (Phi) is 6.39. The summed E-state index contributed by atoms with van der Waals surface area (Å²) in [6, 6.07) is 7.50. The van der Waals surface area contributed by atoms with Crippen LogP contribution in [-0.2, 0) is 16.7 Å². The van der Waals surface area contributed by atoms with Gasteiger partial charge in [-0.3, -0.25) is 4.79 Å². The molecule has 1 heterocycles. The summed E-state index contributed by atoms with van der Waals surface area (Å²) in [5, 5.41) is 0. The zero-order chi connectivity index (χ0) is 17.9. The molecule has 1 aromatic carbocycles. The van der Waals surface area contributed by atoms with E-state index in [1.165, 1.54) is 4.88 Å². The summed E-state index contributed by atoms with van der Waals surface area (Å²) in [5.41, 5.74) is 1.78. The zero-order valence-corrected chi connectivity index (χ0v) is 17.7. The van der Waals surface area contributed by atoms with Crippen molar-refractivity contribution in [3.8, 4) is 0 Å². The number of hydrogen-bond acceptors (Lipinski definition) is 3. The molecule has 0 saturated heterocycles. The van der Waals surface area contributed by atoms with Gasteiger partial charge in [-0.05, 0) is 53.1 Å². The van der Waals surface area contributed by atoms with E-state index >= 15 is 0 Å². The monoisotopic (exact) mass is 458 g/mol. The minimum Gasteiger partial charge on any atom is -0.383 e. The van der Waals surface area contributed by atoms with Crippen molar-refractivity contribution in [3.05, 3.63) is 48.8 Å². The van der Waals surface area contributed by atoms with Crippen molar-refractivity contribution in [1.82, 2.24) is 4.57 Å². The van der Waals surface area contributed by atoms with Crippen LogP contribution in [-0.4, -0.2) is 24.2 Å². The number of methoxy groups -OCH3 is 1. The van der Waals surface area contributed by atoms with Crippen LogP contribution in [0.3, 0.4) is 0 Å². The van der Waals surface area contributed by atoms with Crippen LogP contribution in [0.5, 0.6) is 0 Å². The van der Waals surface area contributed by atoms with Crippen LogP contribution in [0.1, 0.15) is 41.7 Å². The molecular formula is C18H23IN2O2S. The van der Waals surface area contributed by atoms with E-state index in [0.29, 0.717) is 18.7 Å². The molecule has 1 amide bonds. The molecule has 0 aliphatic rings. The number of carbonyl (C=O) groups excluding carboxylic acids is 1. The fourth-order valence-corrected chi connectivity index (χ4v) is 4.24. The molecule has 0 aliphatic heterocycles. The van der Waals surface area contributed by atoms with Crippen LogP contribution in [0, 0.1) is 10.5 Å². The van der Waals surface area contributed by atoms with Crippen molar-refractivity contribution >= 4 is 39.8 Å². The number of benzene rings is 1. The summed E-state index contributed by atoms with van der Waals surface area (Å²) < 4.78 is 8.32. The quantitative estimate of drug-likeness (QED) is 0.647. The minimum atomic E-state index is -0.207. The first-order valence-corrected chi connectivity index (χ1v) is 9.68. The highest BCUT2D eigenvalue weighted by Gasteiger charge is 2.22. The third-order valence-electron chi connectivity index (χ3n) is 3.63. The summed E-state index contributed by atoms with van der Waals surface area (Å²) in [6.45, 7) is 9.90. The lowest BCUT2D eigenvalue weighted by atomic mass is 9.93. The van der Waals surface area contributed by atoms with Gasteiger partial charge in [0.1, 0.15) is 0 Å². The Labute approximate surface area is 160 Å². The summed E-state index contributed by atoms with van der Waals surface area (Å²) in [5.74, 6) is -0.207. The van der Waals surface area contributed by atoms with Gasteiger partial charge in [0.25, 0.3) is 5.91 Å². The molecule has 0 saturated carbocycles. The fourth-order valence-electron chi connectivity index (χ4n) is 2.48. The molecular weight excluding hydrogens is 435 g/mol. The lowest BCUT2D eigenvalue weighted by molar-refractivity contribution is 0.0997. The maximum Gasteiger partial charge on any atom is 0.279 e. The molecule has 1 aromatic heterocycles. The van der Waals surface area contributed by atoms with Crippen LogP contribution in [0.4, 0.5) is 0 Å². The Hall–Kier alpha value is -0.990. The normalized spacial score (nSPS) is 12.7. The van der Waals surface area contributed by atoms with E-state index in [4.69, 9.17) is 4.74 Å². The van der Waals surface area contributed by atoms with Gasteiger partial charge in [-0.25, -0.2) is 0 Å². The van der Waals surface area contributed by atoms with Crippen molar-refractivity contribution < 1.29 is 9.53 Å². The molecule has 130 valence electrons. The molecule has 4 nitrogen and oxygen atoms in total. The van der Waals surface area contributed by atoms with Crippen molar-refractivity contribution in [2.75, 3.05) is 13.7 Å². The predicted molar refractivity (Wildman–Crippen MR) is 107 cm³/mol. The highest BCUT2D eigenvalue weighted by atomic mass is 127. The summed E-state index contributed by atoms with van der Waals surface area (Å²) in [6.07, 6.45) is 0. The van der Waals surface area contributed by atoms with Crippen LogP contribution in [0.2, 0.25) is 0 Å². The van der Waals surface area contributed by atoms with Gasteiger partial charge in [0.15, 0.2) is 4.80 Å². The number of hydrogen-bond donors (Lipinski definition) is 0. The SMILES string of the molecule is COCCn1c(C)c(C(C)(C)C)s/c1=N\C(=O)c1cccc(I)c1. The van der Waals surface area contributed by atoms with Gasteiger partial charge in [-0.1, -0.05) is 26.8 Å². The molecule has 24 heavy (non-hydrogen) atoms. The van der Waals surface area contributed by atoms with Gasteiger partial charge in [0.2, 0.25) is 0 Å². The standard InChI is InChI=1S/C18H23IN2O2S/c1-12-15(18(2,3)4)24-17(21(12)9-10-23-5)20-16(22)13-7-6-8-14(19)11-13/h6-8,11H,9-10H2,1-5H3/b20-17-. The Morgan fingerprint density at radius 1 is 1.38 bits per heavy atom. The minimum absolute atomic E-state index is 0.0164. The second-order valence-corrected chi connectivity index (χ2v) is 8.84. The third kappa shape index (κ3) is 4.55. The number of rotatable bonds is 4. The third-order valence-corrected chi connectivity index (χ3v) is 5.90. The highest BCUT2D eigenvalue weighted by molar-refractivity contribution is 14.1. The van der Waals surface area contributed by atoms with E-state index < -0.39 is 0 Å². The molecule has 0 unspecified atom stereocenters. The molecule has 0 atom stereocenters. The van der Waals surface area contributed by atoms with E-state index in [-0.39, 0.29) is 11.3 Å². The molecule has 0 N–H and O–H groups in total. The Morgan fingerprint density at radius 2 is 2.08 bits per heavy atom. The van der Waals surface area contributed by atoms with E-state index in [1.807, 2.05) is 18.2 Å². The maximum absolute atomic E-state index is 12.6. The fraction of sp³-hybridized carbons (Fsp3) is 0.444. The van der Waals surface area contributed by atoms with Crippen molar-refractivity contribution in [1.29, 1.82) is 0 Å². The molecule has 0 spiro atoms. The first kappa shape index (κ1) is 19.3. The first-order chi connectivity index (χ1) is 11.2. The van der Waals surface area contributed by atoms with Crippen LogP contribution < -0.4 is 4.80 Å². The van der Waals surface area contributed by atoms with Crippen molar-refractivity contribution in [3.63, 3.8) is 0 Å². The largest absolute Gasteiger partial charge is 0.383 e. The molecule has 2 aromatic rings.